The van der Waals surface area contributed by atoms with Crippen LogP contribution >= 0.6 is 35.3 Å². The zero-order valence-corrected chi connectivity index (χ0v) is 13.6. The van der Waals surface area contributed by atoms with E-state index in [0.717, 1.165) is 29.9 Å². The molecule has 0 saturated heterocycles. The maximum atomic E-state index is 5.18. The zero-order valence-electron chi connectivity index (χ0n) is 11.1. The third kappa shape index (κ3) is 2.56. The highest BCUT2D eigenvalue weighted by molar-refractivity contribution is 7.99. The van der Waals surface area contributed by atoms with Crippen molar-refractivity contribution in [3.63, 3.8) is 0 Å². The Labute approximate surface area is 139 Å². The fraction of sp³-hybridized carbons (Fsp3) is 0. The Morgan fingerprint density at radius 2 is 2.00 bits per heavy atom. The van der Waals surface area contributed by atoms with Crippen LogP contribution in [0.15, 0.2) is 58.6 Å². The lowest BCUT2D eigenvalue weighted by molar-refractivity contribution is 0.756. The summed E-state index contributed by atoms with van der Waals surface area (Å²) in [4.78, 5) is 4.25. The summed E-state index contributed by atoms with van der Waals surface area (Å²) in [5.74, 6) is 0. The molecule has 2 heterocycles. The van der Waals surface area contributed by atoms with Crippen LogP contribution in [-0.2, 0) is 0 Å². The van der Waals surface area contributed by atoms with Gasteiger partial charge in [0.25, 0.3) is 0 Å². The molecule has 8 heteroatoms. The van der Waals surface area contributed by atoms with E-state index in [1.807, 2.05) is 30.3 Å². The van der Waals surface area contributed by atoms with Crippen molar-refractivity contribution in [2.75, 3.05) is 0 Å². The number of nitrogens with one attached hydrogen (secondary N) is 1. The molecule has 22 heavy (non-hydrogen) atoms. The summed E-state index contributed by atoms with van der Waals surface area (Å²) in [5.41, 5.74) is 1.98. The molecule has 0 amide bonds. The average molecular weight is 343 g/mol. The van der Waals surface area contributed by atoms with Crippen molar-refractivity contribution in [2.24, 2.45) is 0 Å². The monoisotopic (exact) mass is 343 g/mol. The molecule has 0 aliphatic rings. The predicted molar refractivity (Wildman–Crippen MR) is 90.3 cm³/mol. The number of thiazole rings is 1. The van der Waals surface area contributed by atoms with Gasteiger partial charge in [0.05, 0.1) is 15.9 Å². The molecule has 108 valence electrons. The molecule has 0 aliphatic carbocycles. The Balaban J connectivity index is 1.71. The van der Waals surface area contributed by atoms with Gasteiger partial charge < -0.3 is 4.98 Å². The first kappa shape index (κ1) is 13.6. The molecule has 4 rings (SSSR count). The first-order chi connectivity index (χ1) is 10.8. The fourth-order valence-corrected chi connectivity index (χ4v) is 4.00. The number of fused-ring (bicyclic) bond motifs is 1. The number of benzene rings is 2. The van der Waals surface area contributed by atoms with Crippen LogP contribution in [0.3, 0.4) is 0 Å². The van der Waals surface area contributed by atoms with E-state index in [-0.39, 0.29) is 0 Å². The van der Waals surface area contributed by atoms with Crippen LogP contribution in [0, 0.1) is 3.95 Å². The fourth-order valence-electron chi connectivity index (χ4n) is 2.07. The van der Waals surface area contributed by atoms with Gasteiger partial charge in [-0.1, -0.05) is 18.2 Å². The molecule has 0 unspecified atom stereocenters. The van der Waals surface area contributed by atoms with E-state index in [1.165, 1.54) is 11.8 Å². The largest absolute Gasteiger partial charge is 0.337 e. The van der Waals surface area contributed by atoms with E-state index in [1.54, 1.807) is 16.0 Å². The van der Waals surface area contributed by atoms with E-state index in [9.17, 15) is 0 Å². The number of hydrogen-bond donors (Lipinski definition) is 1. The van der Waals surface area contributed by atoms with Gasteiger partial charge in [-0.25, -0.2) is 0 Å². The molecular weight excluding hydrogens is 334 g/mol. The Morgan fingerprint density at radius 1 is 1.14 bits per heavy atom. The van der Waals surface area contributed by atoms with Crippen LogP contribution in [0.2, 0.25) is 0 Å². The predicted octanol–water partition coefficient (Wildman–Crippen LogP) is 4.09. The second kappa shape index (κ2) is 5.64. The maximum Gasteiger partial charge on any atom is 0.218 e. The summed E-state index contributed by atoms with van der Waals surface area (Å²) in [6.45, 7) is 0. The number of H-pyrrole nitrogens is 1. The van der Waals surface area contributed by atoms with Crippen LogP contribution in [-0.4, -0.2) is 25.2 Å². The van der Waals surface area contributed by atoms with Crippen LogP contribution in [0.4, 0.5) is 0 Å². The molecule has 0 fully saturated rings. The molecular formula is C14H9N5S3. The molecule has 0 atom stereocenters. The summed E-state index contributed by atoms with van der Waals surface area (Å²) in [7, 11) is 0. The number of hydrogen-bond acceptors (Lipinski definition) is 6. The topological polar surface area (TPSA) is 59.4 Å². The van der Waals surface area contributed by atoms with E-state index in [4.69, 9.17) is 12.2 Å². The maximum absolute atomic E-state index is 5.18. The Kier molecular flexibility index (Phi) is 3.49. The Bertz CT molecular complexity index is 986. The summed E-state index contributed by atoms with van der Waals surface area (Å²) in [6, 6.07) is 16.0. The normalized spacial score (nSPS) is 11.1. The van der Waals surface area contributed by atoms with Gasteiger partial charge in [-0.3, -0.25) is 0 Å². The number of tetrazole rings is 1. The van der Waals surface area contributed by atoms with Crippen molar-refractivity contribution in [2.45, 2.75) is 10.1 Å². The highest BCUT2D eigenvalue weighted by Crippen LogP contribution is 2.30. The summed E-state index contributed by atoms with van der Waals surface area (Å²) in [5, 5.41) is 12.7. The van der Waals surface area contributed by atoms with Gasteiger partial charge in [-0.2, -0.15) is 4.68 Å². The van der Waals surface area contributed by atoms with Crippen molar-refractivity contribution in [3.05, 3.63) is 52.5 Å². The van der Waals surface area contributed by atoms with Crippen molar-refractivity contribution < 1.29 is 0 Å². The molecule has 0 radical (unpaired) electrons. The van der Waals surface area contributed by atoms with Gasteiger partial charge in [0, 0.05) is 4.90 Å². The minimum absolute atomic E-state index is 0.722. The molecule has 0 spiro atoms. The van der Waals surface area contributed by atoms with Gasteiger partial charge >= 0.3 is 0 Å². The van der Waals surface area contributed by atoms with E-state index >= 15 is 0 Å². The molecule has 2 aromatic heterocycles. The molecule has 1 N–H and O–H groups in total. The first-order valence-electron chi connectivity index (χ1n) is 6.44. The molecule has 0 aliphatic heterocycles. The molecule has 2 aromatic carbocycles. The third-order valence-corrected chi connectivity index (χ3v) is 5.18. The van der Waals surface area contributed by atoms with Crippen LogP contribution < -0.4 is 0 Å². The number of rotatable bonds is 3. The van der Waals surface area contributed by atoms with Crippen molar-refractivity contribution in [3.8, 4) is 5.69 Å². The van der Waals surface area contributed by atoms with Crippen molar-refractivity contribution in [1.82, 2.24) is 25.2 Å². The SMILES string of the molecule is S=c1[nH]c2cc(Sc3nnnn3-c3ccccc3)ccc2s1. The van der Waals surface area contributed by atoms with Crippen LogP contribution in [0.1, 0.15) is 0 Å². The van der Waals surface area contributed by atoms with Crippen molar-refractivity contribution in [1.29, 1.82) is 0 Å². The summed E-state index contributed by atoms with van der Waals surface area (Å²) in [6.07, 6.45) is 0. The van der Waals surface area contributed by atoms with E-state index in [2.05, 4.69) is 38.7 Å². The zero-order chi connectivity index (χ0) is 14.9. The lowest BCUT2D eigenvalue weighted by Gasteiger charge is -2.03. The summed E-state index contributed by atoms with van der Waals surface area (Å²) < 4.78 is 3.66. The van der Waals surface area contributed by atoms with E-state index in [0.29, 0.717) is 0 Å². The highest BCUT2D eigenvalue weighted by Gasteiger charge is 2.10. The van der Waals surface area contributed by atoms with Crippen LogP contribution in [0.25, 0.3) is 15.9 Å². The average Bonchev–Trinajstić information content (AvgIpc) is 3.13. The van der Waals surface area contributed by atoms with Gasteiger partial charge in [-0.05, 0) is 64.7 Å². The van der Waals surface area contributed by atoms with Crippen LogP contribution in [0.5, 0.6) is 0 Å². The quantitative estimate of drug-likeness (QED) is 0.568. The number of aromatic amines is 1. The number of nitrogens with zero attached hydrogens (tertiary/aromatic N) is 4. The Hall–Kier alpha value is -2.03. The lowest BCUT2D eigenvalue weighted by atomic mass is 10.3. The smallest absolute Gasteiger partial charge is 0.218 e. The van der Waals surface area contributed by atoms with E-state index < -0.39 is 0 Å². The molecule has 0 saturated carbocycles. The van der Waals surface area contributed by atoms with Gasteiger partial charge in [0.1, 0.15) is 0 Å². The minimum Gasteiger partial charge on any atom is -0.337 e. The molecule has 0 bridgehead atoms. The Morgan fingerprint density at radius 3 is 2.86 bits per heavy atom. The standard InChI is InChI=1S/C14H9N5S3/c20-14-15-11-8-10(6-7-12(11)22-14)21-13-16-17-18-19(13)9-4-2-1-3-5-9/h1-8H,(H,15,20). The van der Waals surface area contributed by atoms with Crippen molar-refractivity contribution >= 4 is 45.5 Å². The van der Waals surface area contributed by atoms with Gasteiger partial charge in [0.2, 0.25) is 5.16 Å². The second-order valence-corrected chi connectivity index (χ2v) is 7.24. The molecule has 5 nitrogen and oxygen atoms in total. The third-order valence-electron chi connectivity index (χ3n) is 3.04. The first-order valence-corrected chi connectivity index (χ1v) is 8.48. The molecule has 4 aromatic rings. The number of aromatic nitrogens is 5. The minimum atomic E-state index is 0.722. The summed E-state index contributed by atoms with van der Waals surface area (Å²) >= 11 is 8.27. The van der Waals surface area contributed by atoms with Gasteiger partial charge in [0.15, 0.2) is 3.95 Å². The highest BCUT2D eigenvalue weighted by atomic mass is 32.2. The number of para-hydroxylation sites is 1. The second-order valence-electron chi connectivity index (χ2n) is 4.48. The van der Waals surface area contributed by atoms with Gasteiger partial charge in [-0.15, -0.1) is 16.4 Å². The lowest BCUT2D eigenvalue weighted by Crippen LogP contribution is -1.98.